The quantitative estimate of drug-likeness (QED) is 0.288. The Kier molecular flexibility index (Phi) is 7.43. The number of aromatic hydroxyl groups is 2. The largest absolute Gasteiger partial charge is 0.507 e. The van der Waals surface area contributed by atoms with Crippen molar-refractivity contribution in [3.05, 3.63) is 46.5 Å². The molecular formula is C24H27ClN2O7. The number of carbonyl (C=O) groups excluding carboxylic acids is 2. The van der Waals surface area contributed by atoms with Gasteiger partial charge in [0.2, 0.25) is 5.91 Å². The van der Waals surface area contributed by atoms with Gasteiger partial charge in [-0.05, 0) is 25.0 Å². The van der Waals surface area contributed by atoms with Gasteiger partial charge >= 0.3 is 5.97 Å². The number of hydrogen-bond donors (Lipinski definition) is 2. The molecule has 1 aromatic rings. The Morgan fingerprint density at radius 1 is 1.26 bits per heavy atom. The zero-order valence-electron chi connectivity index (χ0n) is 18.8. The molecule has 0 aliphatic carbocycles. The number of carbonyl (C=O) groups is 2. The second-order valence-electron chi connectivity index (χ2n) is 8.49. The van der Waals surface area contributed by atoms with E-state index in [4.69, 9.17) is 25.9 Å². The summed E-state index contributed by atoms with van der Waals surface area (Å²) in [6, 6.07) is 1.01. The van der Waals surface area contributed by atoms with Gasteiger partial charge in [0.05, 0.1) is 23.4 Å². The second kappa shape index (κ2) is 10.5. The molecule has 0 spiro atoms. The Bertz CT molecular complexity index is 1050. The Morgan fingerprint density at radius 3 is 2.85 bits per heavy atom. The SMILES string of the molecule is C[C@@H]1C[C@@H]2O[C@@H]2/C=C/C=C/C(=N\OCCN2CCCC2=O)Cc2c(Cl)c(O)cc(O)c2C(=O)O1. The number of hydrogen-bond acceptors (Lipinski definition) is 8. The number of nitrogens with zero attached hydrogens (tertiary/aromatic N) is 2. The van der Waals surface area contributed by atoms with Gasteiger partial charge < -0.3 is 29.4 Å². The minimum Gasteiger partial charge on any atom is -0.507 e. The monoisotopic (exact) mass is 490 g/mol. The van der Waals surface area contributed by atoms with Crippen molar-refractivity contribution in [3.63, 3.8) is 0 Å². The minimum absolute atomic E-state index is 0.0187. The molecule has 3 aliphatic rings. The van der Waals surface area contributed by atoms with Crippen LogP contribution in [0.3, 0.4) is 0 Å². The number of phenols is 2. The summed E-state index contributed by atoms with van der Waals surface area (Å²) in [4.78, 5) is 31.9. The number of benzene rings is 1. The number of halogens is 1. The number of phenolic OH excluding ortho intramolecular Hbond substituents is 2. The van der Waals surface area contributed by atoms with E-state index in [2.05, 4.69) is 5.16 Å². The van der Waals surface area contributed by atoms with E-state index in [1.165, 1.54) is 0 Å². The van der Waals surface area contributed by atoms with Crippen molar-refractivity contribution in [1.82, 2.24) is 4.90 Å². The molecule has 4 rings (SSSR count). The first-order chi connectivity index (χ1) is 16.3. The molecular weight excluding hydrogens is 464 g/mol. The fourth-order valence-corrected chi connectivity index (χ4v) is 4.29. The lowest BCUT2D eigenvalue weighted by Crippen LogP contribution is -2.28. The van der Waals surface area contributed by atoms with Crippen molar-refractivity contribution in [1.29, 1.82) is 0 Å². The minimum atomic E-state index is -0.761. The first-order valence-corrected chi connectivity index (χ1v) is 11.6. The summed E-state index contributed by atoms with van der Waals surface area (Å²) in [6.45, 7) is 3.07. The highest BCUT2D eigenvalue weighted by Gasteiger charge is 2.38. The van der Waals surface area contributed by atoms with Crippen molar-refractivity contribution in [3.8, 4) is 11.5 Å². The van der Waals surface area contributed by atoms with Crippen molar-refractivity contribution in [2.24, 2.45) is 5.16 Å². The smallest absolute Gasteiger partial charge is 0.342 e. The molecule has 2 N–H and O–H groups in total. The van der Waals surface area contributed by atoms with E-state index in [1.54, 1.807) is 24.0 Å². The molecule has 182 valence electrons. The van der Waals surface area contributed by atoms with Crippen LogP contribution in [0.1, 0.15) is 42.1 Å². The highest BCUT2D eigenvalue weighted by Crippen LogP contribution is 2.38. The number of likely N-dealkylation sites (tertiary alicyclic amines) is 1. The Labute approximate surface area is 202 Å². The van der Waals surface area contributed by atoms with Crippen LogP contribution < -0.4 is 0 Å². The average Bonchev–Trinajstić information content (AvgIpc) is 3.38. The molecule has 2 fully saturated rings. The number of oxime groups is 1. The Hall–Kier alpha value is -3.04. The van der Waals surface area contributed by atoms with Gasteiger partial charge in [0, 0.05) is 31.9 Å². The third kappa shape index (κ3) is 5.71. The van der Waals surface area contributed by atoms with Crippen molar-refractivity contribution < 1.29 is 34.1 Å². The number of rotatable bonds is 4. The molecule has 0 aromatic heterocycles. The van der Waals surface area contributed by atoms with Gasteiger partial charge in [0.25, 0.3) is 0 Å². The molecule has 34 heavy (non-hydrogen) atoms. The predicted octanol–water partition coefficient (Wildman–Crippen LogP) is 3.12. The third-order valence-corrected chi connectivity index (χ3v) is 6.31. The van der Waals surface area contributed by atoms with Crippen molar-refractivity contribution in [2.45, 2.75) is 50.9 Å². The molecule has 3 atom stereocenters. The van der Waals surface area contributed by atoms with E-state index >= 15 is 0 Å². The lowest BCUT2D eigenvalue weighted by atomic mass is 9.99. The van der Waals surface area contributed by atoms with Gasteiger partial charge in [-0.3, -0.25) is 4.79 Å². The van der Waals surface area contributed by atoms with Crippen LogP contribution in [-0.2, 0) is 25.5 Å². The van der Waals surface area contributed by atoms with Gasteiger partial charge in [0.15, 0.2) is 0 Å². The molecule has 0 radical (unpaired) electrons. The molecule has 0 saturated carbocycles. The van der Waals surface area contributed by atoms with E-state index in [0.29, 0.717) is 31.6 Å². The topological polar surface area (TPSA) is 121 Å². The Morgan fingerprint density at radius 2 is 2.09 bits per heavy atom. The van der Waals surface area contributed by atoms with Gasteiger partial charge in [-0.1, -0.05) is 35.0 Å². The van der Waals surface area contributed by atoms with Crippen LogP contribution in [0.2, 0.25) is 5.02 Å². The molecule has 1 amide bonds. The maximum atomic E-state index is 12.9. The molecule has 0 unspecified atom stereocenters. The van der Waals surface area contributed by atoms with Gasteiger partial charge in [0.1, 0.15) is 35.9 Å². The average molecular weight is 491 g/mol. The number of cyclic esters (lactones) is 1. The maximum absolute atomic E-state index is 12.9. The summed E-state index contributed by atoms with van der Waals surface area (Å²) in [7, 11) is 0. The third-order valence-electron chi connectivity index (χ3n) is 5.88. The molecule has 0 bridgehead atoms. The van der Waals surface area contributed by atoms with E-state index in [0.717, 1.165) is 12.5 Å². The number of ether oxygens (including phenoxy) is 2. The lowest BCUT2D eigenvalue weighted by molar-refractivity contribution is -0.128. The molecule has 2 saturated heterocycles. The zero-order valence-corrected chi connectivity index (χ0v) is 19.5. The molecule has 9 nitrogen and oxygen atoms in total. The highest BCUT2D eigenvalue weighted by molar-refractivity contribution is 6.33. The van der Waals surface area contributed by atoms with Crippen LogP contribution >= 0.6 is 11.6 Å². The zero-order chi connectivity index (χ0) is 24.2. The van der Waals surface area contributed by atoms with Gasteiger partial charge in [-0.25, -0.2) is 4.79 Å². The van der Waals surface area contributed by atoms with Crippen LogP contribution in [0.25, 0.3) is 0 Å². The summed E-state index contributed by atoms with van der Waals surface area (Å²) in [5.74, 6) is -1.48. The Balaban J connectivity index is 1.61. The van der Waals surface area contributed by atoms with Gasteiger partial charge in [-0.15, -0.1) is 0 Å². The van der Waals surface area contributed by atoms with Crippen LogP contribution in [0, 0.1) is 0 Å². The normalized spacial score (nSPS) is 28.0. The van der Waals surface area contributed by atoms with Gasteiger partial charge in [-0.2, -0.15) is 0 Å². The molecule has 1 aromatic carbocycles. The van der Waals surface area contributed by atoms with Crippen molar-refractivity contribution >= 4 is 29.2 Å². The van der Waals surface area contributed by atoms with Crippen LogP contribution in [0.4, 0.5) is 0 Å². The molecule has 10 heteroatoms. The number of esters is 1. The number of amides is 1. The summed E-state index contributed by atoms with van der Waals surface area (Å²) in [5, 5.41) is 24.7. The first-order valence-electron chi connectivity index (χ1n) is 11.2. The van der Waals surface area contributed by atoms with E-state index in [9.17, 15) is 19.8 Å². The first kappa shape index (κ1) is 24.1. The predicted molar refractivity (Wildman–Crippen MR) is 124 cm³/mol. The maximum Gasteiger partial charge on any atom is 0.342 e. The van der Waals surface area contributed by atoms with E-state index in [1.807, 2.05) is 12.2 Å². The van der Waals surface area contributed by atoms with E-state index < -0.39 is 17.8 Å². The standard InChI is InChI=1S/C24H27ClN2O7/c1-14-11-20-19(34-20)6-3-2-5-15(26-32-10-9-27-8-4-7-21(27)30)12-16-22(24(31)33-14)17(28)13-18(29)23(16)25/h2-3,5-6,13-14,19-20,28-29H,4,7-12H2,1H3/b5-2+,6-3+,26-15+/t14-,19-,20+/m1/s1. The summed E-state index contributed by atoms with van der Waals surface area (Å²) in [6.07, 6.45) is 8.46. The number of fused-ring (bicyclic) bond motifs is 2. The summed E-state index contributed by atoms with van der Waals surface area (Å²) < 4.78 is 11.1. The number of allylic oxidation sites excluding steroid dienone is 3. The molecule has 3 heterocycles. The molecule has 3 aliphatic heterocycles. The van der Waals surface area contributed by atoms with Crippen LogP contribution in [0.5, 0.6) is 11.5 Å². The fourth-order valence-electron chi connectivity index (χ4n) is 4.07. The van der Waals surface area contributed by atoms with Crippen LogP contribution in [0.15, 0.2) is 35.5 Å². The van der Waals surface area contributed by atoms with Crippen molar-refractivity contribution in [2.75, 3.05) is 19.7 Å². The number of epoxide rings is 1. The highest BCUT2D eigenvalue weighted by atomic mass is 35.5. The second-order valence-corrected chi connectivity index (χ2v) is 8.87. The summed E-state index contributed by atoms with van der Waals surface area (Å²) in [5.41, 5.74) is 0.413. The lowest BCUT2D eigenvalue weighted by Gasteiger charge is -2.17. The van der Waals surface area contributed by atoms with E-state index in [-0.39, 0.29) is 53.0 Å². The fraction of sp³-hybridized carbons (Fsp3) is 0.458. The summed E-state index contributed by atoms with van der Waals surface area (Å²) >= 11 is 6.33. The van der Waals surface area contributed by atoms with Crippen LogP contribution in [-0.4, -0.2) is 70.7 Å².